The Morgan fingerprint density at radius 1 is 1.12 bits per heavy atom. The first-order valence-corrected chi connectivity index (χ1v) is 11.2. The van der Waals surface area contributed by atoms with Crippen molar-refractivity contribution in [1.82, 2.24) is 24.3 Å². The molecule has 2 aromatic carbocycles. The molecule has 0 aliphatic carbocycles. The Labute approximate surface area is 196 Å². The van der Waals surface area contributed by atoms with Crippen molar-refractivity contribution in [2.75, 3.05) is 12.4 Å². The van der Waals surface area contributed by atoms with Gasteiger partial charge in [-0.3, -0.25) is 0 Å². The first-order chi connectivity index (χ1) is 15.6. The fourth-order valence-electron chi connectivity index (χ4n) is 4.14. The minimum atomic E-state index is 0.169. The molecule has 1 aliphatic rings. The maximum atomic E-state index is 6.25. The van der Waals surface area contributed by atoms with Crippen molar-refractivity contribution < 1.29 is 4.74 Å². The van der Waals surface area contributed by atoms with Crippen LogP contribution in [0.1, 0.15) is 36.6 Å². The van der Waals surface area contributed by atoms with Crippen molar-refractivity contribution in [3.05, 3.63) is 76.6 Å². The Morgan fingerprint density at radius 2 is 2.03 bits per heavy atom. The molecule has 0 amide bonds. The second kappa shape index (κ2) is 8.84. The van der Waals surface area contributed by atoms with Crippen LogP contribution < -0.4 is 10.1 Å². The number of fused-ring (bicyclic) bond motifs is 1. The van der Waals surface area contributed by atoms with E-state index in [-0.39, 0.29) is 5.92 Å². The molecule has 0 radical (unpaired) electrons. The van der Waals surface area contributed by atoms with Crippen LogP contribution in [0.5, 0.6) is 5.75 Å². The average Bonchev–Trinajstić information content (AvgIpc) is 3.34. The molecule has 5 rings (SSSR count). The van der Waals surface area contributed by atoms with E-state index < -0.39 is 0 Å². The highest BCUT2D eigenvalue weighted by atomic mass is 35.5. The number of aryl methyl sites for hydroxylation is 1. The largest absolute Gasteiger partial charge is 0.494 e. The van der Waals surface area contributed by atoms with Gasteiger partial charge >= 0.3 is 0 Å². The molecule has 9 heteroatoms. The van der Waals surface area contributed by atoms with Gasteiger partial charge in [-0.1, -0.05) is 41.8 Å². The minimum absolute atomic E-state index is 0.169. The van der Waals surface area contributed by atoms with Gasteiger partial charge in [0.15, 0.2) is 0 Å². The number of benzene rings is 2. The minimum Gasteiger partial charge on any atom is -0.494 e. The smallest absolute Gasteiger partial charge is 0.246 e. The molecule has 1 atom stereocenters. The summed E-state index contributed by atoms with van der Waals surface area (Å²) in [5, 5.41) is 9.22. The molecule has 0 bridgehead atoms. The van der Waals surface area contributed by atoms with Gasteiger partial charge in [-0.05, 0) is 42.7 Å². The number of rotatable bonds is 5. The molecule has 0 saturated heterocycles. The molecule has 0 fully saturated rings. The molecule has 7 nitrogen and oxygen atoms in total. The first kappa shape index (κ1) is 20.8. The Kier molecular flexibility index (Phi) is 5.76. The Morgan fingerprint density at radius 3 is 2.81 bits per heavy atom. The highest BCUT2D eigenvalue weighted by molar-refractivity contribution is 6.30. The van der Waals surface area contributed by atoms with Gasteiger partial charge < -0.3 is 14.6 Å². The lowest BCUT2D eigenvalue weighted by Crippen LogP contribution is -2.08. The van der Waals surface area contributed by atoms with Gasteiger partial charge in [0.05, 0.1) is 12.8 Å². The number of methoxy groups -OCH3 is 1. The van der Waals surface area contributed by atoms with Crippen molar-refractivity contribution in [3.8, 4) is 11.4 Å². The van der Waals surface area contributed by atoms with Crippen LogP contribution in [0.3, 0.4) is 0 Å². The number of halogens is 2. The summed E-state index contributed by atoms with van der Waals surface area (Å²) in [4.78, 5) is 8.92. The van der Waals surface area contributed by atoms with Crippen LogP contribution in [0.15, 0.2) is 55.0 Å². The number of nitrogens with zero attached hydrogens (tertiary/aromatic N) is 5. The van der Waals surface area contributed by atoms with Crippen molar-refractivity contribution in [2.24, 2.45) is 0 Å². The zero-order valence-corrected chi connectivity index (χ0v) is 19.0. The third-order valence-corrected chi connectivity index (χ3v) is 6.07. The van der Waals surface area contributed by atoms with Crippen molar-refractivity contribution in [3.63, 3.8) is 0 Å². The van der Waals surface area contributed by atoms with Gasteiger partial charge in [0, 0.05) is 35.4 Å². The molecule has 1 unspecified atom stereocenters. The molecule has 2 aromatic heterocycles. The highest BCUT2D eigenvalue weighted by Gasteiger charge is 2.25. The van der Waals surface area contributed by atoms with Crippen LogP contribution in [0.2, 0.25) is 10.2 Å². The van der Waals surface area contributed by atoms with E-state index in [1.807, 2.05) is 45.6 Å². The first-order valence-electron chi connectivity index (χ1n) is 10.5. The average molecular weight is 469 g/mol. The summed E-state index contributed by atoms with van der Waals surface area (Å²) >= 11 is 12.2. The van der Waals surface area contributed by atoms with E-state index >= 15 is 0 Å². The van der Waals surface area contributed by atoms with Crippen molar-refractivity contribution in [1.29, 1.82) is 0 Å². The van der Waals surface area contributed by atoms with E-state index in [0.717, 1.165) is 48.0 Å². The fourth-order valence-corrected chi connectivity index (χ4v) is 4.48. The molecule has 0 spiro atoms. The lowest BCUT2D eigenvalue weighted by Gasteiger charge is -2.14. The molecular formula is C23H22Cl2N6O. The molecule has 32 heavy (non-hydrogen) atoms. The number of nitrogens with one attached hydrogen (secondary N) is 1. The van der Waals surface area contributed by atoms with Crippen LogP contribution in [0, 0.1) is 0 Å². The third-order valence-electron chi connectivity index (χ3n) is 5.64. The number of hydrogen-bond donors (Lipinski definition) is 1. The second-order valence-corrected chi connectivity index (χ2v) is 8.56. The maximum Gasteiger partial charge on any atom is 0.246 e. The summed E-state index contributed by atoms with van der Waals surface area (Å²) in [6.45, 7) is 0.852. The SMILES string of the molecule is COc1cc(Nc2nc3n(n2)CCCCC3c2cccc(Cl)c2)ccc1-n1cnc(Cl)c1. The Hall–Kier alpha value is -3.03. The van der Waals surface area contributed by atoms with Gasteiger partial charge in [-0.15, -0.1) is 5.10 Å². The lowest BCUT2D eigenvalue weighted by atomic mass is 9.94. The summed E-state index contributed by atoms with van der Waals surface area (Å²) < 4.78 is 9.41. The number of aromatic nitrogens is 5. The van der Waals surface area contributed by atoms with Crippen molar-refractivity contribution >= 4 is 34.8 Å². The topological polar surface area (TPSA) is 69.8 Å². The fraction of sp³-hybridized carbons (Fsp3) is 0.261. The van der Waals surface area contributed by atoms with Crippen LogP contribution in [0.4, 0.5) is 11.6 Å². The summed E-state index contributed by atoms with van der Waals surface area (Å²) in [7, 11) is 1.63. The van der Waals surface area contributed by atoms with E-state index in [1.165, 1.54) is 5.56 Å². The highest BCUT2D eigenvalue weighted by Crippen LogP contribution is 2.34. The number of ether oxygens (including phenoxy) is 1. The standard InChI is InChI=1S/C23H22Cl2N6O/c1-32-20-12-17(8-9-19(20)30-13-21(25)26-14-30)27-23-28-22-18(7-2-3-10-31(22)29-23)15-5-4-6-16(24)11-15/h4-6,8-9,11-14,18H,2-3,7,10H2,1H3,(H,27,29). The van der Waals surface area contributed by atoms with Gasteiger partial charge in [0.1, 0.15) is 23.1 Å². The van der Waals surface area contributed by atoms with Crippen LogP contribution in [-0.4, -0.2) is 31.4 Å². The monoisotopic (exact) mass is 468 g/mol. The Balaban J connectivity index is 1.44. The molecule has 0 saturated carbocycles. The number of anilines is 2. The van der Waals surface area contributed by atoms with Gasteiger partial charge in [0.25, 0.3) is 0 Å². The van der Waals surface area contributed by atoms with Gasteiger partial charge in [-0.2, -0.15) is 4.98 Å². The molecule has 1 N–H and O–H groups in total. The molecule has 1 aliphatic heterocycles. The van der Waals surface area contributed by atoms with Crippen LogP contribution >= 0.6 is 23.2 Å². The number of imidazole rings is 1. The van der Waals surface area contributed by atoms with E-state index in [9.17, 15) is 0 Å². The zero-order chi connectivity index (χ0) is 22.1. The van der Waals surface area contributed by atoms with E-state index in [4.69, 9.17) is 38.0 Å². The summed E-state index contributed by atoms with van der Waals surface area (Å²) in [5.74, 6) is 2.38. The van der Waals surface area contributed by atoms with Crippen LogP contribution in [-0.2, 0) is 6.54 Å². The molecule has 3 heterocycles. The maximum absolute atomic E-state index is 6.25. The molecular weight excluding hydrogens is 447 g/mol. The third kappa shape index (κ3) is 4.18. The zero-order valence-electron chi connectivity index (χ0n) is 17.5. The predicted octanol–water partition coefficient (Wildman–Crippen LogP) is 5.84. The second-order valence-electron chi connectivity index (χ2n) is 7.74. The van der Waals surface area contributed by atoms with E-state index in [1.54, 1.807) is 19.6 Å². The lowest BCUT2D eigenvalue weighted by molar-refractivity contribution is 0.413. The Bertz CT molecular complexity index is 1250. The normalized spacial score (nSPS) is 15.8. The molecule has 4 aromatic rings. The number of hydrogen-bond acceptors (Lipinski definition) is 5. The predicted molar refractivity (Wildman–Crippen MR) is 126 cm³/mol. The summed E-state index contributed by atoms with van der Waals surface area (Å²) in [6, 6.07) is 13.8. The van der Waals surface area contributed by atoms with Crippen molar-refractivity contribution in [2.45, 2.75) is 31.7 Å². The van der Waals surface area contributed by atoms with Crippen LogP contribution in [0.25, 0.3) is 5.69 Å². The molecule has 164 valence electrons. The summed E-state index contributed by atoms with van der Waals surface area (Å²) in [6.07, 6.45) is 6.60. The van der Waals surface area contributed by atoms with Gasteiger partial charge in [0.2, 0.25) is 5.95 Å². The van der Waals surface area contributed by atoms with E-state index in [0.29, 0.717) is 16.9 Å². The quantitative estimate of drug-likeness (QED) is 0.398. The van der Waals surface area contributed by atoms with Gasteiger partial charge in [-0.25, -0.2) is 9.67 Å². The van der Waals surface area contributed by atoms with E-state index in [2.05, 4.69) is 16.4 Å². The summed E-state index contributed by atoms with van der Waals surface area (Å²) in [5.41, 5.74) is 2.84.